The van der Waals surface area contributed by atoms with Crippen molar-refractivity contribution in [1.29, 1.82) is 0 Å². The highest BCUT2D eigenvalue weighted by atomic mass is 35.5. The molecular weight excluding hydrogens is 301 g/mol. The molecule has 1 N–H and O–H groups in total. The van der Waals surface area contributed by atoms with Crippen molar-refractivity contribution in [3.63, 3.8) is 0 Å². The van der Waals surface area contributed by atoms with Crippen LogP contribution in [0.3, 0.4) is 0 Å². The molecule has 1 atom stereocenters. The van der Waals surface area contributed by atoms with Gasteiger partial charge in [-0.3, -0.25) is 0 Å². The van der Waals surface area contributed by atoms with E-state index >= 15 is 0 Å². The lowest BCUT2D eigenvalue weighted by atomic mass is 10.0. The topological polar surface area (TPSA) is 15.3 Å². The fourth-order valence-corrected chi connectivity index (χ4v) is 3.01. The van der Waals surface area contributed by atoms with Gasteiger partial charge in [0.15, 0.2) is 0 Å². The molecule has 1 saturated heterocycles. The van der Waals surface area contributed by atoms with Crippen molar-refractivity contribution >= 4 is 17.3 Å². The smallest absolute Gasteiger partial charge is 0.367 e. The van der Waals surface area contributed by atoms with Crippen LogP contribution in [0.25, 0.3) is 0 Å². The molecule has 1 heterocycles. The molecule has 1 fully saturated rings. The first-order chi connectivity index (χ1) is 9.77. The van der Waals surface area contributed by atoms with Crippen LogP contribution < -0.4 is 10.2 Å². The standard InChI is InChI=1S/C15H20ClF3N2/c1-10(2)7-12-9-21(6-5-20-12)14-4-3-11(8-13(14)16)15(17,18)19/h3-4,8,10,12,20H,5-7,9H2,1-2H3. The van der Waals surface area contributed by atoms with Gasteiger partial charge in [-0.25, -0.2) is 0 Å². The van der Waals surface area contributed by atoms with Crippen molar-refractivity contribution in [1.82, 2.24) is 5.32 Å². The van der Waals surface area contributed by atoms with Gasteiger partial charge in [0, 0.05) is 25.7 Å². The lowest BCUT2D eigenvalue weighted by molar-refractivity contribution is -0.137. The number of nitrogens with one attached hydrogen (secondary N) is 1. The third kappa shape index (κ3) is 4.27. The van der Waals surface area contributed by atoms with E-state index in [1.165, 1.54) is 6.07 Å². The lowest BCUT2D eigenvalue weighted by Crippen LogP contribution is -2.51. The number of hydrogen-bond donors (Lipinski definition) is 1. The Labute approximate surface area is 128 Å². The predicted molar refractivity (Wildman–Crippen MR) is 79.9 cm³/mol. The van der Waals surface area contributed by atoms with E-state index in [2.05, 4.69) is 24.1 Å². The monoisotopic (exact) mass is 320 g/mol. The highest BCUT2D eigenvalue weighted by molar-refractivity contribution is 6.33. The van der Waals surface area contributed by atoms with E-state index in [-0.39, 0.29) is 5.02 Å². The molecular formula is C15H20ClF3N2. The van der Waals surface area contributed by atoms with Gasteiger partial charge in [0.2, 0.25) is 0 Å². The van der Waals surface area contributed by atoms with Crippen LogP contribution in [0.15, 0.2) is 18.2 Å². The number of hydrogen-bond acceptors (Lipinski definition) is 2. The van der Waals surface area contributed by atoms with E-state index in [0.717, 1.165) is 38.2 Å². The Morgan fingerprint density at radius 3 is 2.67 bits per heavy atom. The number of anilines is 1. The maximum absolute atomic E-state index is 12.7. The van der Waals surface area contributed by atoms with Crippen molar-refractivity contribution in [3.05, 3.63) is 28.8 Å². The molecule has 1 aliphatic rings. The van der Waals surface area contributed by atoms with Crippen molar-refractivity contribution in [3.8, 4) is 0 Å². The Bertz CT molecular complexity index is 488. The number of nitrogens with zero attached hydrogens (tertiary/aromatic N) is 1. The Morgan fingerprint density at radius 2 is 2.10 bits per heavy atom. The molecule has 6 heteroatoms. The minimum atomic E-state index is -4.36. The number of piperazine rings is 1. The minimum Gasteiger partial charge on any atom is -0.367 e. The zero-order valence-corrected chi connectivity index (χ0v) is 12.9. The summed E-state index contributed by atoms with van der Waals surface area (Å²) >= 11 is 6.06. The molecule has 0 aromatic heterocycles. The summed E-state index contributed by atoms with van der Waals surface area (Å²) in [4.78, 5) is 2.06. The first kappa shape index (κ1) is 16.4. The zero-order chi connectivity index (χ0) is 15.6. The van der Waals surface area contributed by atoms with Crippen LogP contribution in [-0.4, -0.2) is 25.7 Å². The highest BCUT2D eigenvalue weighted by Crippen LogP contribution is 2.35. The Balaban J connectivity index is 2.14. The molecule has 1 aliphatic heterocycles. The molecule has 1 unspecified atom stereocenters. The van der Waals surface area contributed by atoms with Gasteiger partial charge in [-0.15, -0.1) is 0 Å². The molecule has 2 nitrogen and oxygen atoms in total. The third-order valence-corrected chi connectivity index (χ3v) is 3.93. The van der Waals surface area contributed by atoms with Crippen molar-refractivity contribution in [2.24, 2.45) is 5.92 Å². The Hall–Kier alpha value is -0.940. The van der Waals surface area contributed by atoms with Gasteiger partial charge in [-0.05, 0) is 30.5 Å². The van der Waals surface area contributed by atoms with Gasteiger partial charge in [-0.2, -0.15) is 13.2 Å². The van der Waals surface area contributed by atoms with Gasteiger partial charge in [0.05, 0.1) is 16.3 Å². The normalized spacial score (nSPS) is 20.1. The number of rotatable bonds is 3. The maximum Gasteiger partial charge on any atom is 0.416 e. The van der Waals surface area contributed by atoms with Crippen molar-refractivity contribution < 1.29 is 13.2 Å². The second kappa shape index (κ2) is 6.44. The summed E-state index contributed by atoms with van der Waals surface area (Å²) in [5.74, 6) is 0.575. The second-order valence-corrected chi connectivity index (χ2v) is 6.30. The van der Waals surface area contributed by atoms with Gasteiger partial charge in [0.1, 0.15) is 0 Å². The molecule has 21 heavy (non-hydrogen) atoms. The summed E-state index contributed by atoms with van der Waals surface area (Å²) in [6.45, 7) is 6.65. The van der Waals surface area contributed by atoms with E-state index in [1.54, 1.807) is 0 Å². The van der Waals surface area contributed by atoms with Crippen LogP contribution in [0.2, 0.25) is 5.02 Å². The summed E-state index contributed by atoms with van der Waals surface area (Å²) in [7, 11) is 0. The van der Waals surface area contributed by atoms with Crippen molar-refractivity contribution in [2.75, 3.05) is 24.5 Å². The van der Waals surface area contributed by atoms with Crippen molar-refractivity contribution in [2.45, 2.75) is 32.5 Å². The largest absolute Gasteiger partial charge is 0.416 e. The second-order valence-electron chi connectivity index (χ2n) is 5.89. The SMILES string of the molecule is CC(C)CC1CN(c2ccc(C(F)(F)F)cc2Cl)CCN1. The van der Waals surface area contributed by atoms with E-state index in [4.69, 9.17) is 11.6 Å². The Morgan fingerprint density at radius 1 is 1.38 bits per heavy atom. The van der Waals surface area contributed by atoms with E-state index < -0.39 is 11.7 Å². The van der Waals surface area contributed by atoms with E-state index in [1.807, 2.05) is 0 Å². The highest BCUT2D eigenvalue weighted by Gasteiger charge is 2.31. The minimum absolute atomic E-state index is 0.162. The van der Waals surface area contributed by atoms with Gasteiger partial charge in [0.25, 0.3) is 0 Å². The third-order valence-electron chi connectivity index (χ3n) is 3.63. The molecule has 0 radical (unpaired) electrons. The fourth-order valence-electron chi connectivity index (χ4n) is 2.71. The molecule has 1 aromatic carbocycles. The summed E-state index contributed by atoms with van der Waals surface area (Å²) in [6.07, 6.45) is -3.32. The van der Waals surface area contributed by atoms with E-state index in [0.29, 0.717) is 17.6 Å². The molecule has 118 valence electrons. The molecule has 0 spiro atoms. The van der Waals surface area contributed by atoms with Gasteiger partial charge in [-0.1, -0.05) is 25.4 Å². The van der Waals surface area contributed by atoms with Crippen LogP contribution in [0.4, 0.5) is 18.9 Å². The first-order valence-corrected chi connectivity index (χ1v) is 7.50. The average molecular weight is 321 g/mol. The van der Waals surface area contributed by atoms with Gasteiger partial charge < -0.3 is 10.2 Å². The molecule has 1 aromatic rings. The molecule has 0 saturated carbocycles. The summed E-state index contributed by atoms with van der Waals surface area (Å²) in [5.41, 5.74) is -0.0231. The van der Waals surface area contributed by atoms with Crippen LogP contribution in [0.5, 0.6) is 0 Å². The lowest BCUT2D eigenvalue weighted by Gasteiger charge is -2.36. The summed E-state index contributed by atoms with van der Waals surface area (Å²) in [6, 6.07) is 3.93. The number of halogens is 4. The van der Waals surface area contributed by atoms with E-state index in [9.17, 15) is 13.2 Å². The van der Waals surface area contributed by atoms with Gasteiger partial charge >= 0.3 is 6.18 Å². The first-order valence-electron chi connectivity index (χ1n) is 7.12. The quantitative estimate of drug-likeness (QED) is 0.898. The molecule has 2 rings (SSSR count). The number of benzene rings is 1. The number of alkyl halides is 3. The predicted octanol–water partition coefficient (Wildman–Crippen LogP) is 4.18. The van der Waals surface area contributed by atoms with Crippen LogP contribution in [0, 0.1) is 5.92 Å². The fraction of sp³-hybridized carbons (Fsp3) is 0.600. The van der Waals surface area contributed by atoms with Crippen LogP contribution in [-0.2, 0) is 6.18 Å². The van der Waals surface area contributed by atoms with Crippen LogP contribution in [0.1, 0.15) is 25.8 Å². The molecule has 0 amide bonds. The zero-order valence-electron chi connectivity index (χ0n) is 12.2. The molecule has 0 bridgehead atoms. The summed E-state index contributed by atoms with van der Waals surface area (Å²) in [5, 5.41) is 3.60. The Kier molecular flexibility index (Phi) is 5.04. The summed E-state index contributed by atoms with van der Waals surface area (Å²) < 4.78 is 38.0. The van der Waals surface area contributed by atoms with Crippen LogP contribution >= 0.6 is 11.6 Å². The maximum atomic E-state index is 12.7. The molecule has 0 aliphatic carbocycles. The average Bonchev–Trinajstić information content (AvgIpc) is 2.37.